The van der Waals surface area contributed by atoms with E-state index in [0.717, 1.165) is 34.3 Å². The third kappa shape index (κ3) is 2.54. The van der Waals surface area contributed by atoms with E-state index in [-0.39, 0.29) is 6.04 Å². The van der Waals surface area contributed by atoms with Crippen LogP contribution in [0.1, 0.15) is 19.2 Å². The van der Waals surface area contributed by atoms with Crippen LogP contribution in [0.25, 0.3) is 11.2 Å². The minimum Gasteiger partial charge on any atom is -0.341 e. The number of hydrogen-bond donors (Lipinski definition) is 2. The molecule has 4 nitrogen and oxygen atoms in total. The van der Waals surface area contributed by atoms with E-state index in [2.05, 4.69) is 30.9 Å². The normalized spacial score (nSPS) is 13.3. The van der Waals surface area contributed by atoms with Gasteiger partial charge in [0.1, 0.15) is 5.82 Å². The number of halogens is 1. The van der Waals surface area contributed by atoms with Crippen molar-refractivity contribution in [3.63, 3.8) is 0 Å². The summed E-state index contributed by atoms with van der Waals surface area (Å²) < 4.78 is 0.956. The lowest BCUT2D eigenvalue weighted by molar-refractivity contribution is 0.652. The molecule has 2 aromatic heterocycles. The number of H-pyrrole nitrogens is 1. The van der Waals surface area contributed by atoms with Gasteiger partial charge in [0.25, 0.3) is 0 Å². The van der Waals surface area contributed by atoms with Gasteiger partial charge in [-0.1, -0.05) is 0 Å². The molecular formula is C10H13BrN4. The molecule has 0 fully saturated rings. The number of rotatable bonds is 3. The first-order chi connectivity index (χ1) is 7.15. The fraction of sp³-hybridized carbons (Fsp3) is 0.400. The summed E-state index contributed by atoms with van der Waals surface area (Å²) in [5.74, 6) is 0.952. The molecule has 5 heteroatoms. The second-order valence-corrected chi connectivity index (χ2v) is 4.64. The van der Waals surface area contributed by atoms with Gasteiger partial charge in [-0.05, 0) is 35.3 Å². The highest BCUT2D eigenvalue weighted by atomic mass is 79.9. The molecule has 80 valence electrons. The summed E-state index contributed by atoms with van der Waals surface area (Å²) >= 11 is 3.37. The first-order valence-electron chi connectivity index (χ1n) is 4.91. The molecular weight excluding hydrogens is 256 g/mol. The molecule has 0 amide bonds. The highest BCUT2D eigenvalue weighted by Gasteiger charge is 2.05. The SMILES string of the molecule is CC(N)CCc1nc2ncc(Br)cc2[nH]1. The van der Waals surface area contributed by atoms with Crippen LogP contribution < -0.4 is 5.73 Å². The highest BCUT2D eigenvalue weighted by molar-refractivity contribution is 9.10. The average molecular weight is 269 g/mol. The van der Waals surface area contributed by atoms with Crippen molar-refractivity contribution in [2.24, 2.45) is 5.73 Å². The van der Waals surface area contributed by atoms with Crippen molar-refractivity contribution in [3.05, 3.63) is 22.6 Å². The summed E-state index contributed by atoms with van der Waals surface area (Å²) in [4.78, 5) is 11.8. The molecule has 3 N–H and O–H groups in total. The van der Waals surface area contributed by atoms with Crippen LogP contribution in [0.4, 0.5) is 0 Å². The number of fused-ring (bicyclic) bond motifs is 1. The van der Waals surface area contributed by atoms with E-state index in [1.807, 2.05) is 13.0 Å². The first kappa shape index (κ1) is 10.6. The van der Waals surface area contributed by atoms with Crippen LogP contribution in [0.2, 0.25) is 0 Å². The molecule has 0 saturated heterocycles. The van der Waals surface area contributed by atoms with Crippen LogP contribution in [0.3, 0.4) is 0 Å². The van der Waals surface area contributed by atoms with E-state index in [0.29, 0.717) is 0 Å². The van der Waals surface area contributed by atoms with Gasteiger partial charge >= 0.3 is 0 Å². The van der Waals surface area contributed by atoms with Gasteiger partial charge in [-0.15, -0.1) is 0 Å². The van der Waals surface area contributed by atoms with E-state index in [1.165, 1.54) is 0 Å². The van der Waals surface area contributed by atoms with Crippen molar-refractivity contribution in [2.45, 2.75) is 25.8 Å². The van der Waals surface area contributed by atoms with Crippen LogP contribution in [-0.4, -0.2) is 21.0 Å². The zero-order chi connectivity index (χ0) is 10.8. The van der Waals surface area contributed by atoms with Crippen molar-refractivity contribution >= 4 is 27.1 Å². The Bertz CT molecular complexity index is 463. The molecule has 2 rings (SSSR count). The highest BCUT2D eigenvalue weighted by Crippen LogP contribution is 2.15. The predicted molar refractivity (Wildman–Crippen MR) is 63.6 cm³/mol. The van der Waals surface area contributed by atoms with Crippen molar-refractivity contribution in [1.82, 2.24) is 15.0 Å². The maximum absolute atomic E-state index is 5.69. The molecule has 2 heterocycles. The minimum atomic E-state index is 0.206. The second-order valence-electron chi connectivity index (χ2n) is 3.72. The van der Waals surface area contributed by atoms with Crippen LogP contribution >= 0.6 is 15.9 Å². The Morgan fingerprint density at radius 1 is 1.60 bits per heavy atom. The maximum Gasteiger partial charge on any atom is 0.177 e. The second kappa shape index (κ2) is 4.28. The van der Waals surface area contributed by atoms with E-state index in [9.17, 15) is 0 Å². The first-order valence-corrected chi connectivity index (χ1v) is 5.70. The standard InChI is InChI=1S/C10H13BrN4/c1-6(12)2-3-9-14-8-4-7(11)5-13-10(8)15-9/h4-6H,2-3,12H2,1H3,(H,13,14,15). The average Bonchev–Trinajstić information content (AvgIpc) is 2.56. The molecule has 0 saturated carbocycles. The fourth-order valence-electron chi connectivity index (χ4n) is 1.41. The number of aromatic amines is 1. The number of nitrogens with two attached hydrogens (primary N) is 1. The molecule has 1 unspecified atom stereocenters. The number of nitrogens with zero attached hydrogens (tertiary/aromatic N) is 2. The molecule has 0 bridgehead atoms. The van der Waals surface area contributed by atoms with E-state index >= 15 is 0 Å². The third-order valence-corrected chi connectivity index (χ3v) is 2.62. The summed E-state index contributed by atoms with van der Waals surface area (Å²) in [7, 11) is 0. The van der Waals surface area contributed by atoms with Gasteiger partial charge in [0.15, 0.2) is 5.65 Å². The quantitative estimate of drug-likeness (QED) is 0.895. The van der Waals surface area contributed by atoms with Crippen LogP contribution in [0.5, 0.6) is 0 Å². The molecule has 0 aliphatic rings. The smallest absolute Gasteiger partial charge is 0.177 e. The topological polar surface area (TPSA) is 67.6 Å². The van der Waals surface area contributed by atoms with Gasteiger partial charge in [-0.3, -0.25) is 0 Å². The van der Waals surface area contributed by atoms with E-state index in [4.69, 9.17) is 5.73 Å². The summed E-state index contributed by atoms with van der Waals surface area (Å²) in [6.07, 6.45) is 3.55. The van der Waals surface area contributed by atoms with E-state index in [1.54, 1.807) is 6.20 Å². The largest absolute Gasteiger partial charge is 0.341 e. The monoisotopic (exact) mass is 268 g/mol. The van der Waals surface area contributed by atoms with Crippen LogP contribution in [-0.2, 0) is 6.42 Å². The Morgan fingerprint density at radius 3 is 3.13 bits per heavy atom. The van der Waals surface area contributed by atoms with Crippen molar-refractivity contribution < 1.29 is 0 Å². The molecule has 2 aromatic rings. The zero-order valence-corrected chi connectivity index (χ0v) is 10.1. The summed E-state index contributed by atoms with van der Waals surface area (Å²) in [6.45, 7) is 2.00. The molecule has 0 aromatic carbocycles. The lowest BCUT2D eigenvalue weighted by atomic mass is 10.2. The van der Waals surface area contributed by atoms with Crippen LogP contribution in [0.15, 0.2) is 16.7 Å². The third-order valence-electron chi connectivity index (χ3n) is 2.19. The number of nitrogens with one attached hydrogen (secondary N) is 1. The Balaban J connectivity index is 2.23. The molecule has 0 spiro atoms. The fourth-order valence-corrected chi connectivity index (χ4v) is 1.74. The Kier molecular flexibility index (Phi) is 3.02. The van der Waals surface area contributed by atoms with Crippen molar-refractivity contribution in [2.75, 3.05) is 0 Å². The molecule has 0 aliphatic carbocycles. The lowest BCUT2D eigenvalue weighted by Crippen LogP contribution is -2.15. The van der Waals surface area contributed by atoms with Gasteiger partial charge in [0, 0.05) is 23.1 Å². The predicted octanol–water partition coefficient (Wildman–Crippen LogP) is 2.00. The van der Waals surface area contributed by atoms with E-state index < -0.39 is 0 Å². The minimum absolute atomic E-state index is 0.206. The van der Waals surface area contributed by atoms with Gasteiger partial charge in [-0.2, -0.15) is 0 Å². The Morgan fingerprint density at radius 2 is 2.40 bits per heavy atom. The Labute approximate surface area is 96.4 Å². The summed E-state index contributed by atoms with van der Waals surface area (Å²) in [6, 6.07) is 2.18. The molecule has 0 aliphatic heterocycles. The molecule has 15 heavy (non-hydrogen) atoms. The van der Waals surface area contributed by atoms with Crippen LogP contribution in [0, 0.1) is 0 Å². The van der Waals surface area contributed by atoms with Gasteiger partial charge < -0.3 is 10.7 Å². The number of hydrogen-bond acceptors (Lipinski definition) is 3. The summed E-state index contributed by atoms with van der Waals surface area (Å²) in [5, 5.41) is 0. The number of imidazole rings is 1. The van der Waals surface area contributed by atoms with Gasteiger partial charge in [0.2, 0.25) is 0 Å². The lowest BCUT2D eigenvalue weighted by Gasteiger charge is -2.00. The van der Waals surface area contributed by atoms with Crippen molar-refractivity contribution in [3.8, 4) is 0 Å². The zero-order valence-electron chi connectivity index (χ0n) is 8.50. The molecule has 0 radical (unpaired) electrons. The Hall–Kier alpha value is -0.940. The number of aromatic nitrogens is 3. The number of pyridine rings is 1. The number of aryl methyl sites for hydroxylation is 1. The van der Waals surface area contributed by atoms with Crippen molar-refractivity contribution in [1.29, 1.82) is 0 Å². The maximum atomic E-state index is 5.69. The van der Waals surface area contributed by atoms with Gasteiger partial charge in [0.05, 0.1) is 5.52 Å². The van der Waals surface area contributed by atoms with Gasteiger partial charge in [-0.25, -0.2) is 9.97 Å². The molecule has 1 atom stereocenters. The summed E-state index contributed by atoms with van der Waals surface area (Å²) in [5.41, 5.74) is 7.42.